The average Bonchev–Trinajstić information content (AvgIpc) is 2.44. The summed E-state index contributed by atoms with van der Waals surface area (Å²) in [6.45, 7) is 0. The van der Waals surface area contributed by atoms with Gasteiger partial charge >= 0.3 is 5.97 Å². The molecule has 1 N–H and O–H groups in total. The zero-order valence-corrected chi connectivity index (χ0v) is 12.1. The van der Waals surface area contributed by atoms with Gasteiger partial charge in [0.2, 0.25) is 0 Å². The number of methoxy groups -OCH3 is 1. The number of ether oxygens (including phenoxy) is 1. The molecule has 0 aliphatic carbocycles. The highest BCUT2D eigenvalue weighted by Crippen LogP contribution is 2.29. The molecule has 0 amide bonds. The first kappa shape index (κ1) is 15.3. The summed E-state index contributed by atoms with van der Waals surface area (Å²) in [5.41, 5.74) is 1.08. The molecular formula is C16H14ClFO3. The summed E-state index contributed by atoms with van der Waals surface area (Å²) >= 11 is 5.95. The van der Waals surface area contributed by atoms with Crippen molar-refractivity contribution in [1.82, 2.24) is 0 Å². The Balaban J connectivity index is 2.37. The maximum atomic E-state index is 13.3. The van der Waals surface area contributed by atoms with E-state index < -0.39 is 17.7 Å². The van der Waals surface area contributed by atoms with Crippen LogP contribution in [0.3, 0.4) is 0 Å². The van der Waals surface area contributed by atoms with Crippen LogP contribution in [0, 0.1) is 5.82 Å². The van der Waals surface area contributed by atoms with Crippen LogP contribution in [0.2, 0.25) is 5.02 Å². The van der Waals surface area contributed by atoms with Crippen molar-refractivity contribution in [2.45, 2.75) is 12.3 Å². The normalized spacial score (nSPS) is 12.0. The molecule has 0 saturated heterocycles. The molecule has 0 aliphatic rings. The summed E-state index contributed by atoms with van der Waals surface area (Å²) in [4.78, 5) is 11.5. The molecule has 2 aromatic carbocycles. The number of hydrogen-bond acceptors (Lipinski definition) is 2. The van der Waals surface area contributed by atoms with Gasteiger partial charge in [0.25, 0.3) is 0 Å². The lowest BCUT2D eigenvalue weighted by molar-refractivity contribution is -0.138. The topological polar surface area (TPSA) is 46.5 Å². The number of carboxylic acid groups (broad SMARTS) is 1. The predicted molar refractivity (Wildman–Crippen MR) is 78.5 cm³/mol. The molecular weight excluding hydrogens is 295 g/mol. The molecule has 0 aliphatic heterocycles. The zero-order chi connectivity index (χ0) is 15.4. The summed E-state index contributed by atoms with van der Waals surface area (Å²) < 4.78 is 18.5. The molecule has 21 heavy (non-hydrogen) atoms. The number of rotatable bonds is 5. The zero-order valence-electron chi connectivity index (χ0n) is 11.3. The molecule has 2 aromatic rings. The number of carbonyl (C=O) groups is 1. The predicted octanol–water partition coefficient (Wildman–Crippen LogP) is 3.90. The molecule has 0 heterocycles. The van der Waals surface area contributed by atoms with E-state index in [1.807, 2.05) is 0 Å². The Bertz CT molecular complexity index is 658. The Morgan fingerprint density at radius 2 is 2.10 bits per heavy atom. The van der Waals surface area contributed by atoms with Crippen LogP contribution < -0.4 is 4.74 Å². The highest BCUT2D eigenvalue weighted by atomic mass is 35.5. The van der Waals surface area contributed by atoms with Crippen LogP contribution in [0.1, 0.15) is 17.0 Å². The van der Waals surface area contributed by atoms with Crippen molar-refractivity contribution in [3.8, 4) is 5.75 Å². The monoisotopic (exact) mass is 308 g/mol. The van der Waals surface area contributed by atoms with Crippen LogP contribution in [0.25, 0.3) is 0 Å². The van der Waals surface area contributed by atoms with Crippen LogP contribution in [0.15, 0.2) is 42.5 Å². The van der Waals surface area contributed by atoms with Crippen molar-refractivity contribution in [3.05, 3.63) is 64.4 Å². The van der Waals surface area contributed by atoms with Crippen LogP contribution >= 0.6 is 11.6 Å². The van der Waals surface area contributed by atoms with Gasteiger partial charge in [0.05, 0.1) is 13.0 Å². The number of benzene rings is 2. The number of hydrogen-bond donors (Lipinski definition) is 1. The van der Waals surface area contributed by atoms with Crippen molar-refractivity contribution < 1.29 is 19.0 Å². The average molecular weight is 309 g/mol. The molecule has 3 nitrogen and oxygen atoms in total. The maximum Gasteiger partial charge on any atom is 0.311 e. The Hall–Kier alpha value is -2.07. The second-order valence-electron chi connectivity index (χ2n) is 4.61. The molecule has 5 heteroatoms. The standard InChI is InChI=1S/C16H14ClFO3/c1-21-15-6-5-12(17)7-11(15)9-14(16(19)20)10-3-2-4-13(18)8-10/h2-8,14H,9H2,1H3,(H,19,20). The highest BCUT2D eigenvalue weighted by Gasteiger charge is 2.22. The van der Waals surface area contributed by atoms with Crippen molar-refractivity contribution >= 4 is 17.6 Å². The van der Waals surface area contributed by atoms with Crippen molar-refractivity contribution in [2.75, 3.05) is 7.11 Å². The van der Waals surface area contributed by atoms with Gasteiger partial charge in [-0.2, -0.15) is 0 Å². The highest BCUT2D eigenvalue weighted by molar-refractivity contribution is 6.30. The lowest BCUT2D eigenvalue weighted by atomic mass is 9.91. The first-order valence-electron chi connectivity index (χ1n) is 6.32. The first-order valence-corrected chi connectivity index (χ1v) is 6.69. The van der Waals surface area contributed by atoms with Gasteiger partial charge in [-0.1, -0.05) is 23.7 Å². The molecule has 0 saturated carbocycles. The van der Waals surface area contributed by atoms with Gasteiger partial charge in [-0.05, 0) is 47.9 Å². The summed E-state index contributed by atoms with van der Waals surface area (Å²) in [6.07, 6.45) is 0.169. The van der Waals surface area contributed by atoms with Crippen LogP contribution in [-0.4, -0.2) is 18.2 Å². The fraction of sp³-hybridized carbons (Fsp3) is 0.188. The van der Waals surface area contributed by atoms with E-state index in [-0.39, 0.29) is 6.42 Å². The lowest BCUT2D eigenvalue weighted by Crippen LogP contribution is -2.15. The Labute approximate surface area is 126 Å². The second kappa shape index (κ2) is 6.59. The second-order valence-corrected chi connectivity index (χ2v) is 5.04. The Kier molecular flexibility index (Phi) is 4.81. The fourth-order valence-electron chi connectivity index (χ4n) is 2.20. The van der Waals surface area contributed by atoms with E-state index in [1.165, 1.54) is 25.3 Å². The first-order chi connectivity index (χ1) is 10.0. The SMILES string of the molecule is COc1ccc(Cl)cc1CC(C(=O)O)c1cccc(F)c1. The third kappa shape index (κ3) is 3.73. The largest absolute Gasteiger partial charge is 0.496 e. The third-order valence-electron chi connectivity index (χ3n) is 3.22. The summed E-state index contributed by atoms with van der Waals surface area (Å²) in [6, 6.07) is 10.6. The maximum absolute atomic E-state index is 13.3. The van der Waals surface area contributed by atoms with E-state index in [9.17, 15) is 14.3 Å². The fourth-order valence-corrected chi connectivity index (χ4v) is 2.39. The summed E-state index contributed by atoms with van der Waals surface area (Å²) in [5.74, 6) is -1.80. The minimum absolute atomic E-state index is 0.169. The molecule has 2 rings (SSSR count). The minimum atomic E-state index is -1.03. The lowest BCUT2D eigenvalue weighted by Gasteiger charge is -2.15. The molecule has 1 atom stereocenters. The Morgan fingerprint density at radius 1 is 1.33 bits per heavy atom. The van der Waals surface area contributed by atoms with Crippen LogP contribution in [0.4, 0.5) is 4.39 Å². The van der Waals surface area contributed by atoms with Gasteiger partial charge in [0.1, 0.15) is 11.6 Å². The number of halogens is 2. The minimum Gasteiger partial charge on any atom is -0.496 e. The van der Waals surface area contributed by atoms with Crippen molar-refractivity contribution in [2.24, 2.45) is 0 Å². The molecule has 1 unspecified atom stereocenters. The molecule has 0 fully saturated rings. The van der Waals surface area contributed by atoms with Gasteiger partial charge in [0.15, 0.2) is 0 Å². The van der Waals surface area contributed by atoms with E-state index >= 15 is 0 Å². The molecule has 0 spiro atoms. The van der Waals surface area contributed by atoms with Gasteiger partial charge < -0.3 is 9.84 Å². The molecule has 110 valence electrons. The van der Waals surface area contributed by atoms with E-state index in [4.69, 9.17) is 16.3 Å². The molecule has 0 radical (unpaired) electrons. The van der Waals surface area contributed by atoms with Gasteiger partial charge in [0, 0.05) is 5.02 Å². The quantitative estimate of drug-likeness (QED) is 0.911. The molecule has 0 aromatic heterocycles. The number of aliphatic carboxylic acids is 1. The van der Waals surface area contributed by atoms with Gasteiger partial charge in [-0.3, -0.25) is 4.79 Å². The van der Waals surface area contributed by atoms with Crippen LogP contribution in [0.5, 0.6) is 5.75 Å². The van der Waals surface area contributed by atoms with E-state index in [1.54, 1.807) is 24.3 Å². The van der Waals surface area contributed by atoms with E-state index in [0.717, 1.165) is 0 Å². The van der Waals surface area contributed by atoms with E-state index in [2.05, 4.69) is 0 Å². The molecule has 0 bridgehead atoms. The van der Waals surface area contributed by atoms with Crippen LogP contribution in [-0.2, 0) is 11.2 Å². The third-order valence-corrected chi connectivity index (χ3v) is 3.45. The number of carboxylic acids is 1. The van der Waals surface area contributed by atoms with Gasteiger partial charge in [-0.15, -0.1) is 0 Å². The van der Waals surface area contributed by atoms with E-state index in [0.29, 0.717) is 21.9 Å². The summed E-state index contributed by atoms with van der Waals surface area (Å²) in [5, 5.41) is 9.91. The van der Waals surface area contributed by atoms with Gasteiger partial charge in [-0.25, -0.2) is 4.39 Å². The smallest absolute Gasteiger partial charge is 0.311 e. The van der Waals surface area contributed by atoms with Crippen molar-refractivity contribution in [3.63, 3.8) is 0 Å². The Morgan fingerprint density at radius 3 is 2.71 bits per heavy atom. The summed E-state index contributed by atoms with van der Waals surface area (Å²) in [7, 11) is 1.50. The van der Waals surface area contributed by atoms with Crippen molar-refractivity contribution in [1.29, 1.82) is 0 Å².